The van der Waals surface area contributed by atoms with E-state index in [1.807, 2.05) is 6.07 Å². The predicted octanol–water partition coefficient (Wildman–Crippen LogP) is 12.5. The second-order valence-electron chi connectivity index (χ2n) is 12.4. The van der Waals surface area contributed by atoms with Crippen molar-refractivity contribution >= 4 is 21.8 Å². The van der Waals surface area contributed by atoms with E-state index in [1.165, 1.54) is 49.6 Å². The van der Waals surface area contributed by atoms with E-state index < -0.39 is 0 Å². The molecule has 230 valence electrons. The summed E-state index contributed by atoms with van der Waals surface area (Å²) in [5, 5.41) is 2.48. The molecule has 0 saturated carbocycles. The maximum Gasteiger partial charge on any atom is 0.0715 e. The van der Waals surface area contributed by atoms with Gasteiger partial charge in [-0.05, 0) is 81.9 Å². The molecule has 9 aromatic rings. The summed E-state index contributed by atoms with van der Waals surface area (Å²) >= 11 is 0. The first-order chi connectivity index (χ1) is 24.3. The molecule has 0 spiro atoms. The van der Waals surface area contributed by atoms with Crippen LogP contribution in [0.15, 0.2) is 194 Å². The monoisotopic (exact) mass is 624 g/mol. The van der Waals surface area contributed by atoms with Gasteiger partial charge in [0.25, 0.3) is 0 Å². The van der Waals surface area contributed by atoms with Crippen molar-refractivity contribution in [1.82, 2.24) is 9.55 Å². The van der Waals surface area contributed by atoms with Gasteiger partial charge in [0.15, 0.2) is 0 Å². The Morgan fingerprint density at radius 1 is 0.286 bits per heavy atom. The molecular weight excluding hydrogens is 593 g/mol. The molecule has 0 atom stereocenters. The fourth-order valence-corrected chi connectivity index (χ4v) is 6.94. The van der Waals surface area contributed by atoms with Crippen molar-refractivity contribution in [3.8, 4) is 61.6 Å². The zero-order chi connectivity index (χ0) is 32.6. The van der Waals surface area contributed by atoms with Crippen molar-refractivity contribution in [3.63, 3.8) is 0 Å². The molecule has 0 saturated heterocycles. The minimum atomic E-state index is 0.953. The minimum absolute atomic E-state index is 0.953. The molecule has 2 nitrogen and oxygen atoms in total. The van der Waals surface area contributed by atoms with Gasteiger partial charge in [0.05, 0.1) is 22.4 Å². The van der Waals surface area contributed by atoms with Crippen molar-refractivity contribution < 1.29 is 0 Å². The third kappa shape index (κ3) is 5.40. The van der Waals surface area contributed by atoms with Crippen LogP contribution in [0.5, 0.6) is 0 Å². The minimum Gasteiger partial charge on any atom is -0.309 e. The number of fused-ring (bicyclic) bond motifs is 3. The summed E-state index contributed by atoms with van der Waals surface area (Å²) in [6, 6.07) is 69.2. The van der Waals surface area contributed by atoms with Crippen molar-refractivity contribution in [2.45, 2.75) is 0 Å². The number of hydrogen-bond acceptors (Lipinski definition) is 1. The van der Waals surface area contributed by atoms with Crippen LogP contribution in [0.4, 0.5) is 0 Å². The van der Waals surface area contributed by atoms with E-state index >= 15 is 0 Å². The standard InChI is InChI=1S/C47H32N2/c1-5-13-33(14-6-1)38-23-27-46-42(29-38)43-30-39(34-15-7-2-8-16-34)24-28-47(43)49(46)41-25-21-37(22-26-41)45-32-40(35-17-9-3-10-18-35)31-44(48-45)36-19-11-4-12-20-36/h1-32H. The number of rotatable bonds is 6. The van der Waals surface area contributed by atoms with Crippen LogP contribution in [0.1, 0.15) is 0 Å². The van der Waals surface area contributed by atoms with Gasteiger partial charge in [-0.15, -0.1) is 0 Å². The lowest BCUT2D eigenvalue weighted by Crippen LogP contribution is -1.95. The Morgan fingerprint density at radius 2 is 0.653 bits per heavy atom. The van der Waals surface area contributed by atoms with Crippen molar-refractivity contribution in [2.24, 2.45) is 0 Å². The Morgan fingerprint density at radius 3 is 1.10 bits per heavy atom. The van der Waals surface area contributed by atoms with Gasteiger partial charge in [0.1, 0.15) is 0 Å². The van der Waals surface area contributed by atoms with E-state index in [9.17, 15) is 0 Å². The van der Waals surface area contributed by atoms with Gasteiger partial charge < -0.3 is 4.57 Å². The first kappa shape index (κ1) is 28.7. The fraction of sp³-hybridized carbons (Fsp3) is 0. The summed E-state index contributed by atoms with van der Waals surface area (Å²) in [4.78, 5) is 5.16. The smallest absolute Gasteiger partial charge is 0.0715 e. The average Bonchev–Trinajstić information content (AvgIpc) is 3.52. The molecule has 0 fully saturated rings. The molecule has 0 N–H and O–H groups in total. The molecule has 0 aliphatic carbocycles. The number of pyridine rings is 1. The van der Waals surface area contributed by atoms with Crippen LogP contribution in [0.2, 0.25) is 0 Å². The van der Waals surface area contributed by atoms with Crippen LogP contribution in [-0.4, -0.2) is 9.55 Å². The Hall–Kier alpha value is -6.51. The molecule has 0 radical (unpaired) electrons. The van der Waals surface area contributed by atoms with Crippen molar-refractivity contribution in [2.75, 3.05) is 0 Å². The van der Waals surface area contributed by atoms with Crippen LogP contribution in [-0.2, 0) is 0 Å². The van der Waals surface area contributed by atoms with Gasteiger partial charge >= 0.3 is 0 Å². The molecule has 9 rings (SSSR count). The third-order valence-electron chi connectivity index (χ3n) is 9.40. The molecule has 2 aromatic heterocycles. The van der Waals surface area contributed by atoms with Crippen LogP contribution in [0.25, 0.3) is 83.4 Å². The summed E-state index contributed by atoms with van der Waals surface area (Å²) < 4.78 is 2.39. The largest absolute Gasteiger partial charge is 0.309 e. The van der Waals surface area contributed by atoms with Gasteiger partial charge in [0.2, 0.25) is 0 Å². The zero-order valence-corrected chi connectivity index (χ0v) is 26.9. The van der Waals surface area contributed by atoms with Crippen LogP contribution in [0.3, 0.4) is 0 Å². The van der Waals surface area contributed by atoms with Crippen molar-refractivity contribution in [3.05, 3.63) is 194 Å². The lowest BCUT2D eigenvalue weighted by molar-refractivity contribution is 1.18. The number of hydrogen-bond donors (Lipinski definition) is 0. The number of nitrogens with zero attached hydrogens (tertiary/aromatic N) is 2. The maximum absolute atomic E-state index is 5.16. The molecular formula is C47H32N2. The predicted molar refractivity (Wildman–Crippen MR) is 206 cm³/mol. The number of aromatic nitrogens is 2. The van der Waals surface area contributed by atoms with E-state index in [-0.39, 0.29) is 0 Å². The molecule has 2 heterocycles. The SMILES string of the molecule is c1ccc(-c2cc(-c3ccccc3)nc(-c3ccc(-n4c5ccc(-c6ccccc6)cc5c5cc(-c6ccccc6)ccc54)cc3)c2)cc1. The second-order valence-corrected chi connectivity index (χ2v) is 12.4. The normalized spacial score (nSPS) is 11.3. The topological polar surface area (TPSA) is 17.8 Å². The van der Waals surface area contributed by atoms with Crippen LogP contribution in [0, 0.1) is 0 Å². The lowest BCUT2D eigenvalue weighted by Gasteiger charge is -2.12. The molecule has 0 unspecified atom stereocenters. The van der Waals surface area contributed by atoms with Gasteiger partial charge in [-0.2, -0.15) is 0 Å². The highest BCUT2D eigenvalue weighted by Crippen LogP contribution is 2.38. The Labute approximate surface area is 286 Å². The Balaban J connectivity index is 1.19. The van der Waals surface area contributed by atoms with Crippen LogP contribution >= 0.6 is 0 Å². The summed E-state index contributed by atoms with van der Waals surface area (Å²) in [6.45, 7) is 0. The van der Waals surface area contributed by atoms with Crippen molar-refractivity contribution in [1.29, 1.82) is 0 Å². The van der Waals surface area contributed by atoms with Crippen LogP contribution < -0.4 is 0 Å². The van der Waals surface area contributed by atoms with Gasteiger partial charge in [-0.3, -0.25) is 0 Å². The van der Waals surface area contributed by atoms with Gasteiger partial charge in [-0.25, -0.2) is 4.98 Å². The second kappa shape index (κ2) is 12.3. The maximum atomic E-state index is 5.16. The zero-order valence-electron chi connectivity index (χ0n) is 26.9. The summed E-state index contributed by atoms with van der Waals surface area (Å²) in [6.07, 6.45) is 0. The lowest BCUT2D eigenvalue weighted by atomic mass is 10.00. The molecule has 0 aliphatic heterocycles. The highest BCUT2D eigenvalue weighted by molar-refractivity contribution is 6.11. The highest BCUT2D eigenvalue weighted by Gasteiger charge is 2.16. The van der Waals surface area contributed by atoms with E-state index in [1.54, 1.807) is 0 Å². The van der Waals surface area contributed by atoms with E-state index in [0.717, 1.165) is 33.8 Å². The first-order valence-electron chi connectivity index (χ1n) is 16.7. The third-order valence-corrected chi connectivity index (χ3v) is 9.40. The van der Waals surface area contributed by atoms with Gasteiger partial charge in [-0.1, -0.05) is 146 Å². The Kier molecular flexibility index (Phi) is 7.18. The van der Waals surface area contributed by atoms with Gasteiger partial charge in [0, 0.05) is 27.6 Å². The molecule has 0 aliphatic rings. The average molecular weight is 625 g/mol. The highest BCUT2D eigenvalue weighted by atomic mass is 15.0. The fourth-order valence-electron chi connectivity index (χ4n) is 6.94. The summed E-state index contributed by atoms with van der Waals surface area (Å²) in [5.74, 6) is 0. The Bertz CT molecular complexity index is 2400. The number of benzene rings is 7. The van der Waals surface area contributed by atoms with E-state index in [0.29, 0.717) is 0 Å². The van der Waals surface area contributed by atoms with E-state index in [4.69, 9.17) is 4.98 Å². The molecule has 0 bridgehead atoms. The summed E-state index contributed by atoms with van der Waals surface area (Å²) in [5.41, 5.74) is 14.8. The molecule has 49 heavy (non-hydrogen) atoms. The summed E-state index contributed by atoms with van der Waals surface area (Å²) in [7, 11) is 0. The molecule has 0 amide bonds. The molecule has 7 aromatic carbocycles. The van der Waals surface area contributed by atoms with E-state index in [2.05, 4.69) is 193 Å². The molecule has 2 heteroatoms. The first-order valence-corrected chi connectivity index (χ1v) is 16.7. The quantitative estimate of drug-likeness (QED) is 0.180.